The molecule has 1 saturated heterocycles. The van der Waals surface area contributed by atoms with E-state index >= 15 is 0 Å². The van der Waals surface area contributed by atoms with Gasteiger partial charge in [0, 0.05) is 31.1 Å². The van der Waals surface area contributed by atoms with Crippen molar-refractivity contribution in [2.24, 2.45) is 0 Å². The van der Waals surface area contributed by atoms with Crippen molar-refractivity contribution in [3.63, 3.8) is 0 Å². The Kier molecular flexibility index (Phi) is 6.62. The number of anilines is 1. The quantitative estimate of drug-likeness (QED) is 0.606. The molecule has 0 spiro atoms. The van der Waals surface area contributed by atoms with E-state index in [1.165, 1.54) is 11.1 Å². The smallest absolute Gasteiger partial charge is 0.315 e. The molecule has 31 heavy (non-hydrogen) atoms. The molecule has 1 aliphatic heterocycles. The van der Waals surface area contributed by atoms with Crippen molar-refractivity contribution in [2.45, 2.75) is 24.8 Å². The highest BCUT2D eigenvalue weighted by molar-refractivity contribution is 5.96. The molecule has 0 aliphatic carbocycles. The SMILES string of the molecule is O=C(NCCC(c1ccccc1)c1ccccc1)N[C@@H]1CC(=O)N(c2ccccc2)C1. The molecule has 3 aromatic rings. The number of benzene rings is 3. The average molecular weight is 414 g/mol. The number of hydrogen-bond acceptors (Lipinski definition) is 2. The maximum atomic E-state index is 12.5. The number of hydrogen-bond donors (Lipinski definition) is 2. The van der Waals surface area contributed by atoms with Gasteiger partial charge in [0.2, 0.25) is 5.91 Å². The summed E-state index contributed by atoms with van der Waals surface area (Å²) in [6, 6.07) is 29.8. The van der Waals surface area contributed by atoms with Crippen molar-refractivity contribution in [3.8, 4) is 0 Å². The first kappa shape index (κ1) is 20.7. The highest BCUT2D eigenvalue weighted by Gasteiger charge is 2.31. The summed E-state index contributed by atoms with van der Waals surface area (Å²) in [4.78, 5) is 26.5. The van der Waals surface area contributed by atoms with Crippen molar-refractivity contribution in [3.05, 3.63) is 102 Å². The second kappa shape index (κ2) is 9.94. The van der Waals surface area contributed by atoms with Gasteiger partial charge in [0.1, 0.15) is 0 Å². The normalized spacial score (nSPS) is 15.8. The monoisotopic (exact) mass is 413 g/mol. The van der Waals surface area contributed by atoms with E-state index in [1.807, 2.05) is 66.7 Å². The first-order chi connectivity index (χ1) is 15.2. The van der Waals surface area contributed by atoms with E-state index in [9.17, 15) is 9.59 Å². The van der Waals surface area contributed by atoms with Gasteiger partial charge in [0.15, 0.2) is 0 Å². The van der Waals surface area contributed by atoms with Crippen LogP contribution in [0.1, 0.15) is 29.9 Å². The van der Waals surface area contributed by atoms with Gasteiger partial charge in [0.05, 0.1) is 6.04 Å². The Morgan fingerprint density at radius 2 is 1.42 bits per heavy atom. The van der Waals surface area contributed by atoms with Crippen LogP contribution in [0.4, 0.5) is 10.5 Å². The summed E-state index contributed by atoms with van der Waals surface area (Å²) in [5.41, 5.74) is 3.33. The van der Waals surface area contributed by atoms with E-state index in [4.69, 9.17) is 0 Å². The number of nitrogens with zero attached hydrogens (tertiary/aromatic N) is 1. The second-order valence-electron chi connectivity index (χ2n) is 7.80. The van der Waals surface area contributed by atoms with Crippen molar-refractivity contribution >= 4 is 17.6 Å². The topological polar surface area (TPSA) is 61.4 Å². The molecule has 4 rings (SSSR count). The molecule has 0 aromatic heterocycles. The Hall–Kier alpha value is -3.60. The minimum atomic E-state index is -0.229. The minimum absolute atomic E-state index is 0.0321. The van der Waals surface area contributed by atoms with Crippen molar-refractivity contribution in [1.82, 2.24) is 10.6 Å². The van der Waals surface area contributed by atoms with Crippen LogP contribution in [-0.4, -0.2) is 31.1 Å². The lowest BCUT2D eigenvalue weighted by atomic mass is 9.88. The molecule has 3 aromatic carbocycles. The van der Waals surface area contributed by atoms with E-state index in [2.05, 4.69) is 34.9 Å². The van der Waals surface area contributed by atoms with Crippen LogP contribution >= 0.6 is 0 Å². The number of urea groups is 1. The van der Waals surface area contributed by atoms with E-state index in [-0.39, 0.29) is 23.9 Å². The summed E-state index contributed by atoms with van der Waals surface area (Å²) in [6.45, 7) is 1.04. The molecular formula is C26H27N3O2. The number of para-hydroxylation sites is 1. The Morgan fingerprint density at radius 3 is 2.00 bits per heavy atom. The lowest BCUT2D eigenvalue weighted by Crippen LogP contribution is -2.43. The molecular weight excluding hydrogens is 386 g/mol. The molecule has 3 amide bonds. The van der Waals surface area contributed by atoms with E-state index in [0.29, 0.717) is 19.5 Å². The van der Waals surface area contributed by atoms with E-state index in [1.54, 1.807) is 4.90 Å². The lowest BCUT2D eigenvalue weighted by molar-refractivity contribution is -0.117. The van der Waals surface area contributed by atoms with Crippen LogP contribution < -0.4 is 15.5 Å². The Labute approximate surface area is 183 Å². The fraction of sp³-hybridized carbons (Fsp3) is 0.231. The maximum absolute atomic E-state index is 12.5. The fourth-order valence-corrected chi connectivity index (χ4v) is 4.12. The molecule has 0 bridgehead atoms. The van der Waals surface area contributed by atoms with Gasteiger partial charge in [-0.1, -0.05) is 78.9 Å². The fourth-order valence-electron chi connectivity index (χ4n) is 4.12. The third kappa shape index (κ3) is 5.31. The summed E-state index contributed by atoms with van der Waals surface area (Å²) in [5.74, 6) is 0.244. The average Bonchev–Trinajstić information content (AvgIpc) is 3.18. The molecule has 0 radical (unpaired) electrons. The van der Waals surface area contributed by atoms with Gasteiger partial charge in [-0.15, -0.1) is 0 Å². The van der Waals surface area contributed by atoms with Gasteiger partial charge in [-0.2, -0.15) is 0 Å². The molecule has 1 heterocycles. The number of amides is 3. The second-order valence-corrected chi connectivity index (χ2v) is 7.80. The van der Waals surface area contributed by atoms with Gasteiger partial charge in [-0.25, -0.2) is 4.79 Å². The summed E-state index contributed by atoms with van der Waals surface area (Å²) < 4.78 is 0. The third-order valence-corrected chi connectivity index (χ3v) is 5.65. The van der Waals surface area contributed by atoms with Crippen LogP contribution in [0.15, 0.2) is 91.0 Å². The van der Waals surface area contributed by atoms with Crippen LogP contribution in [0.5, 0.6) is 0 Å². The zero-order valence-electron chi connectivity index (χ0n) is 17.4. The van der Waals surface area contributed by atoms with Gasteiger partial charge >= 0.3 is 6.03 Å². The van der Waals surface area contributed by atoms with Crippen LogP contribution in [-0.2, 0) is 4.79 Å². The van der Waals surface area contributed by atoms with Gasteiger partial charge < -0.3 is 15.5 Å². The molecule has 5 heteroatoms. The molecule has 2 N–H and O–H groups in total. The zero-order chi connectivity index (χ0) is 21.5. The number of carbonyl (C=O) groups excluding carboxylic acids is 2. The number of carbonyl (C=O) groups is 2. The largest absolute Gasteiger partial charge is 0.338 e. The molecule has 1 fully saturated rings. The van der Waals surface area contributed by atoms with E-state index in [0.717, 1.165) is 12.1 Å². The van der Waals surface area contributed by atoms with Crippen LogP contribution in [0, 0.1) is 0 Å². The van der Waals surface area contributed by atoms with Crippen molar-refractivity contribution in [2.75, 3.05) is 18.0 Å². The predicted molar refractivity (Wildman–Crippen MR) is 123 cm³/mol. The van der Waals surface area contributed by atoms with Crippen LogP contribution in [0.2, 0.25) is 0 Å². The summed E-state index contributed by atoms with van der Waals surface area (Å²) in [5, 5.41) is 5.92. The lowest BCUT2D eigenvalue weighted by Gasteiger charge is -2.19. The van der Waals surface area contributed by atoms with Gasteiger partial charge in [-0.05, 0) is 29.7 Å². The number of rotatable bonds is 7. The zero-order valence-corrected chi connectivity index (χ0v) is 17.4. The minimum Gasteiger partial charge on any atom is -0.338 e. The first-order valence-corrected chi connectivity index (χ1v) is 10.7. The van der Waals surface area contributed by atoms with Crippen LogP contribution in [0.3, 0.4) is 0 Å². The summed E-state index contributed by atoms with van der Waals surface area (Å²) in [7, 11) is 0. The third-order valence-electron chi connectivity index (χ3n) is 5.65. The predicted octanol–water partition coefficient (Wildman–Crippen LogP) is 4.31. The Bertz CT molecular complexity index is 953. The number of nitrogens with one attached hydrogen (secondary N) is 2. The summed E-state index contributed by atoms with van der Waals surface area (Å²) >= 11 is 0. The van der Waals surface area contributed by atoms with Crippen molar-refractivity contribution in [1.29, 1.82) is 0 Å². The standard InChI is InChI=1S/C26H27N3O2/c30-25-18-22(19-29(25)23-14-8-3-9-15-23)28-26(31)27-17-16-24(20-10-4-1-5-11-20)21-12-6-2-7-13-21/h1-15,22,24H,16-19H2,(H2,27,28,31)/t22-/m1/s1. The van der Waals surface area contributed by atoms with Crippen LogP contribution in [0.25, 0.3) is 0 Å². The summed E-state index contributed by atoms with van der Waals surface area (Å²) in [6.07, 6.45) is 1.11. The molecule has 0 unspecified atom stereocenters. The molecule has 0 saturated carbocycles. The highest BCUT2D eigenvalue weighted by Crippen LogP contribution is 2.27. The molecule has 1 aliphatic rings. The van der Waals surface area contributed by atoms with Crippen molar-refractivity contribution < 1.29 is 9.59 Å². The van der Waals surface area contributed by atoms with E-state index < -0.39 is 0 Å². The van der Waals surface area contributed by atoms with Gasteiger partial charge in [-0.3, -0.25) is 4.79 Å². The molecule has 1 atom stereocenters. The first-order valence-electron chi connectivity index (χ1n) is 10.7. The maximum Gasteiger partial charge on any atom is 0.315 e. The van der Waals surface area contributed by atoms with Gasteiger partial charge in [0.25, 0.3) is 0 Å². The molecule has 5 nitrogen and oxygen atoms in total. The Balaban J connectivity index is 1.31. The Morgan fingerprint density at radius 1 is 0.871 bits per heavy atom. The highest BCUT2D eigenvalue weighted by atomic mass is 16.2. The molecule has 158 valence electrons.